The van der Waals surface area contributed by atoms with Crippen LogP contribution in [0, 0.1) is 5.82 Å². The molecule has 0 amide bonds. The Kier molecular flexibility index (Phi) is 3.83. The predicted molar refractivity (Wildman–Crippen MR) is 67.0 cm³/mol. The summed E-state index contributed by atoms with van der Waals surface area (Å²) in [4.78, 5) is 38.2. The number of aromatic nitrogens is 2. The van der Waals surface area contributed by atoms with Crippen molar-refractivity contribution < 1.29 is 13.9 Å². The minimum atomic E-state index is -1.14. The van der Waals surface area contributed by atoms with E-state index in [2.05, 4.69) is 0 Å². The Labute approximate surface area is 112 Å². The molecule has 1 aliphatic heterocycles. The lowest BCUT2D eigenvalue weighted by molar-refractivity contribution is -0.143. The first-order valence-corrected chi connectivity index (χ1v) is 5.73. The average molecular weight is 281 g/mol. The molecule has 0 atom stereocenters. The van der Waals surface area contributed by atoms with Gasteiger partial charge in [0.1, 0.15) is 0 Å². The molecule has 106 valence electrons. The van der Waals surface area contributed by atoms with Gasteiger partial charge in [-0.05, 0) is 6.20 Å². The number of aromatic amines is 1. The second kappa shape index (κ2) is 5.55. The zero-order valence-corrected chi connectivity index (χ0v) is 10.6. The molecule has 0 bridgehead atoms. The van der Waals surface area contributed by atoms with E-state index in [1.165, 1.54) is 0 Å². The van der Waals surface area contributed by atoms with E-state index in [-0.39, 0.29) is 0 Å². The molecule has 20 heavy (non-hydrogen) atoms. The van der Waals surface area contributed by atoms with Crippen molar-refractivity contribution in [2.24, 2.45) is 0 Å². The summed E-state index contributed by atoms with van der Waals surface area (Å²) in [6.45, 7) is -0.643. The van der Waals surface area contributed by atoms with Crippen molar-refractivity contribution in [3.63, 3.8) is 0 Å². The number of nitrogens with one attached hydrogen (secondary N) is 1. The molecule has 1 aliphatic rings. The van der Waals surface area contributed by atoms with Crippen LogP contribution in [-0.4, -0.2) is 27.5 Å². The lowest BCUT2D eigenvalue weighted by atomic mass is 10.1. The third-order valence-electron chi connectivity index (χ3n) is 2.64. The highest BCUT2D eigenvalue weighted by Gasteiger charge is 2.15. The van der Waals surface area contributed by atoms with Crippen molar-refractivity contribution >= 4 is 5.97 Å². The summed E-state index contributed by atoms with van der Waals surface area (Å²) in [6, 6.07) is 0. The van der Waals surface area contributed by atoms with E-state index in [1.807, 2.05) is 4.98 Å². The Morgan fingerprint density at radius 1 is 1.50 bits per heavy atom. The van der Waals surface area contributed by atoms with Gasteiger partial charge in [0.15, 0.2) is 6.73 Å². The number of halogens is 1. The van der Waals surface area contributed by atoms with Gasteiger partial charge in [-0.2, -0.15) is 4.39 Å². The Balaban J connectivity index is 2.10. The number of hydrogen-bond acceptors (Lipinski definition) is 5. The molecule has 0 unspecified atom stereocenters. The van der Waals surface area contributed by atoms with Crippen molar-refractivity contribution in [1.82, 2.24) is 14.5 Å². The maximum absolute atomic E-state index is 13.0. The van der Waals surface area contributed by atoms with Crippen LogP contribution in [-0.2, 0) is 16.3 Å². The van der Waals surface area contributed by atoms with Crippen molar-refractivity contribution in [2.45, 2.75) is 13.2 Å². The largest absolute Gasteiger partial charge is 0.440 e. The molecule has 0 aliphatic carbocycles. The van der Waals surface area contributed by atoms with Crippen LogP contribution in [0.1, 0.15) is 6.42 Å². The van der Waals surface area contributed by atoms with Gasteiger partial charge in [0.2, 0.25) is 5.82 Å². The number of H-pyrrole nitrogens is 1. The fourth-order valence-electron chi connectivity index (χ4n) is 1.64. The Hall–Kier alpha value is -2.64. The number of carbonyl (C=O) groups excluding carboxylic acids is 1. The van der Waals surface area contributed by atoms with Crippen LogP contribution >= 0.6 is 0 Å². The molecule has 2 heterocycles. The minimum Gasteiger partial charge on any atom is -0.440 e. The Bertz CT molecular complexity index is 701. The lowest BCUT2D eigenvalue weighted by Gasteiger charge is -2.15. The van der Waals surface area contributed by atoms with Gasteiger partial charge in [-0.25, -0.2) is 14.2 Å². The highest BCUT2D eigenvalue weighted by atomic mass is 19.1. The number of rotatable bonds is 3. The van der Waals surface area contributed by atoms with Crippen LogP contribution in [0.5, 0.6) is 0 Å². The van der Waals surface area contributed by atoms with Gasteiger partial charge in [-0.1, -0.05) is 6.08 Å². The van der Waals surface area contributed by atoms with Crippen LogP contribution in [0.3, 0.4) is 0 Å². The molecule has 1 aromatic heterocycles. The van der Waals surface area contributed by atoms with Gasteiger partial charge in [0.25, 0.3) is 5.56 Å². The fraction of sp³-hybridized carbons (Fsp3) is 0.250. The Morgan fingerprint density at radius 2 is 2.25 bits per heavy atom. The van der Waals surface area contributed by atoms with E-state index in [9.17, 15) is 18.8 Å². The van der Waals surface area contributed by atoms with E-state index < -0.39 is 29.8 Å². The normalized spacial score (nSPS) is 14.1. The number of esters is 1. The Morgan fingerprint density at radius 3 is 2.95 bits per heavy atom. The standard InChI is InChI=1S/C12H12FN3O4/c1-15-4-2-3-8(6-15)11(18)20-7-16-10(17)9(13)5-14-12(16)19/h2,4-6H,3,7H2,1H3,(H,14,19). The van der Waals surface area contributed by atoms with E-state index in [0.29, 0.717) is 22.8 Å². The zero-order valence-electron chi connectivity index (χ0n) is 10.6. The monoisotopic (exact) mass is 281 g/mol. The molecule has 0 aromatic carbocycles. The van der Waals surface area contributed by atoms with Crippen molar-refractivity contribution in [3.8, 4) is 0 Å². The second-order valence-corrected chi connectivity index (χ2v) is 4.14. The smallest absolute Gasteiger partial charge is 0.337 e. The fourth-order valence-corrected chi connectivity index (χ4v) is 1.64. The maximum Gasteiger partial charge on any atom is 0.337 e. The number of hydrogen-bond donors (Lipinski definition) is 1. The van der Waals surface area contributed by atoms with Gasteiger partial charge in [0, 0.05) is 25.9 Å². The number of nitrogens with zero attached hydrogens (tertiary/aromatic N) is 2. The van der Waals surface area contributed by atoms with Gasteiger partial charge in [0.05, 0.1) is 5.57 Å². The van der Waals surface area contributed by atoms with E-state index in [4.69, 9.17) is 4.74 Å². The molecule has 0 radical (unpaired) electrons. The summed E-state index contributed by atoms with van der Waals surface area (Å²) in [5, 5.41) is 0. The summed E-state index contributed by atoms with van der Waals surface area (Å²) in [6.07, 6.45) is 6.15. The molecule has 8 heteroatoms. The number of ether oxygens (including phenoxy) is 1. The third kappa shape index (κ3) is 2.85. The van der Waals surface area contributed by atoms with Crippen LogP contribution in [0.25, 0.3) is 0 Å². The van der Waals surface area contributed by atoms with E-state index >= 15 is 0 Å². The molecule has 1 N–H and O–H groups in total. The highest BCUT2D eigenvalue weighted by molar-refractivity contribution is 5.88. The quantitative estimate of drug-likeness (QED) is 0.783. The summed E-state index contributed by atoms with van der Waals surface area (Å²) in [5.74, 6) is -1.79. The van der Waals surface area contributed by atoms with Crippen molar-refractivity contribution in [1.29, 1.82) is 0 Å². The SMILES string of the molecule is CN1C=CCC(C(=O)OCn2c(=O)[nH]cc(F)c2=O)=C1. The topological polar surface area (TPSA) is 84.4 Å². The van der Waals surface area contributed by atoms with Crippen molar-refractivity contribution in [3.05, 3.63) is 56.9 Å². The first-order chi connectivity index (χ1) is 9.49. The van der Waals surface area contributed by atoms with E-state index in [1.54, 1.807) is 30.4 Å². The molecule has 0 saturated carbocycles. The molecule has 7 nitrogen and oxygen atoms in total. The van der Waals surface area contributed by atoms with Gasteiger partial charge < -0.3 is 14.6 Å². The molecule has 1 aromatic rings. The number of allylic oxidation sites excluding steroid dienone is 1. The molecular weight excluding hydrogens is 269 g/mol. The van der Waals surface area contributed by atoms with Crippen molar-refractivity contribution in [2.75, 3.05) is 7.05 Å². The van der Waals surface area contributed by atoms with Gasteiger partial charge in [-0.15, -0.1) is 0 Å². The molecule has 2 rings (SSSR count). The molecule has 0 saturated heterocycles. The minimum absolute atomic E-state index is 0.371. The molecular formula is C12H12FN3O4. The predicted octanol–water partition coefficient (Wildman–Crippen LogP) is -0.0905. The maximum atomic E-state index is 13.0. The highest BCUT2D eigenvalue weighted by Crippen LogP contribution is 2.12. The van der Waals surface area contributed by atoms with Crippen LogP contribution in [0.15, 0.2) is 39.8 Å². The first-order valence-electron chi connectivity index (χ1n) is 5.73. The zero-order chi connectivity index (χ0) is 14.7. The van der Waals surface area contributed by atoms with Gasteiger partial charge >= 0.3 is 11.7 Å². The molecule has 0 spiro atoms. The second-order valence-electron chi connectivity index (χ2n) is 4.14. The summed E-state index contributed by atoms with van der Waals surface area (Å²) in [7, 11) is 1.74. The summed E-state index contributed by atoms with van der Waals surface area (Å²) in [5.41, 5.74) is -1.62. The van der Waals surface area contributed by atoms with E-state index in [0.717, 1.165) is 0 Å². The van der Waals surface area contributed by atoms with Crippen LogP contribution < -0.4 is 11.2 Å². The summed E-state index contributed by atoms with van der Waals surface area (Å²) < 4.78 is 18.3. The van der Waals surface area contributed by atoms with Crippen LogP contribution in [0.4, 0.5) is 4.39 Å². The number of carbonyl (C=O) groups is 1. The van der Waals surface area contributed by atoms with Gasteiger partial charge in [-0.3, -0.25) is 4.79 Å². The first kappa shape index (κ1) is 13.8. The molecule has 0 fully saturated rings. The average Bonchev–Trinajstić information content (AvgIpc) is 2.43. The summed E-state index contributed by atoms with van der Waals surface area (Å²) >= 11 is 0. The third-order valence-corrected chi connectivity index (χ3v) is 2.64. The van der Waals surface area contributed by atoms with Crippen LogP contribution in [0.2, 0.25) is 0 Å². The lowest BCUT2D eigenvalue weighted by Crippen LogP contribution is -2.37.